The molecule has 0 aliphatic heterocycles. The van der Waals surface area contributed by atoms with Crippen molar-refractivity contribution in [3.63, 3.8) is 0 Å². The summed E-state index contributed by atoms with van der Waals surface area (Å²) in [5, 5.41) is 2.94. The molecule has 0 radical (unpaired) electrons. The van der Waals surface area contributed by atoms with E-state index < -0.39 is 0 Å². The van der Waals surface area contributed by atoms with Crippen molar-refractivity contribution in [2.75, 3.05) is 18.5 Å². The Kier molecular flexibility index (Phi) is 4.77. The number of para-hydroxylation sites is 1. The predicted octanol–water partition coefficient (Wildman–Crippen LogP) is 2.75. The zero-order chi connectivity index (χ0) is 14.4. The molecule has 3 nitrogen and oxygen atoms in total. The average Bonchev–Trinajstić information content (AvgIpc) is 2.47. The van der Waals surface area contributed by atoms with E-state index in [4.69, 9.17) is 0 Å². The molecule has 104 valence electrons. The minimum atomic E-state index is 0.0249. The van der Waals surface area contributed by atoms with Crippen LogP contribution in [0.1, 0.15) is 11.1 Å². The van der Waals surface area contributed by atoms with Gasteiger partial charge in [-0.15, -0.1) is 0 Å². The Labute approximate surface area is 120 Å². The molecular formula is C17H20N2O. The van der Waals surface area contributed by atoms with Crippen LogP contribution in [0.25, 0.3) is 0 Å². The third-order valence-electron chi connectivity index (χ3n) is 3.19. The summed E-state index contributed by atoms with van der Waals surface area (Å²) in [5.74, 6) is 0.0249. The van der Waals surface area contributed by atoms with Crippen molar-refractivity contribution in [2.45, 2.75) is 13.5 Å². The molecule has 1 amide bonds. The number of aryl methyl sites for hydroxylation is 1. The summed E-state index contributed by atoms with van der Waals surface area (Å²) in [5.41, 5.74) is 3.38. The number of carbonyl (C=O) groups excluding carboxylic acids is 1. The molecule has 0 saturated heterocycles. The van der Waals surface area contributed by atoms with E-state index in [-0.39, 0.29) is 5.91 Å². The average molecular weight is 268 g/mol. The lowest BCUT2D eigenvalue weighted by Crippen LogP contribution is -2.34. The highest BCUT2D eigenvalue weighted by molar-refractivity contribution is 5.81. The van der Waals surface area contributed by atoms with Gasteiger partial charge in [-0.3, -0.25) is 4.79 Å². The van der Waals surface area contributed by atoms with Crippen LogP contribution in [-0.2, 0) is 11.3 Å². The quantitative estimate of drug-likeness (QED) is 0.904. The molecular weight excluding hydrogens is 248 g/mol. The van der Waals surface area contributed by atoms with Crippen LogP contribution in [0.2, 0.25) is 0 Å². The highest BCUT2D eigenvalue weighted by Crippen LogP contribution is 2.10. The number of hydrogen-bond donors (Lipinski definition) is 1. The van der Waals surface area contributed by atoms with Crippen LogP contribution in [0.3, 0.4) is 0 Å². The van der Waals surface area contributed by atoms with E-state index in [0.29, 0.717) is 13.1 Å². The zero-order valence-corrected chi connectivity index (χ0v) is 12.0. The number of likely N-dealkylation sites (N-methyl/N-ethyl adjacent to an activating group) is 1. The number of hydrogen-bond acceptors (Lipinski definition) is 2. The summed E-state index contributed by atoms with van der Waals surface area (Å²) < 4.78 is 0. The fourth-order valence-electron chi connectivity index (χ4n) is 1.95. The van der Waals surface area contributed by atoms with Crippen molar-refractivity contribution >= 4 is 11.6 Å². The van der Waals surface area contributed by atoms with Crippen LogP contribution in [0.15, 0.2) is 54.6 Å². The number of carbonyl (C=O) groups is 1. The van der Waals surface area contributed by atoms with E-state index >= 15 is 0 Å². The van der Waals surface area contributed by atoms with Crippen LogP contribution in [0.4, 0.5) is 5.69 Å². The zero-order valence-electron chi connectivity index (χ0n) is 12.0. The van der Waals surface area contributed by atoms with Crippen molar-refractivity contribution in [3.05, 3.63) is 65.7 Å². The lowest BCUT2D eigenvalue weighted by Gasteiger charge is -2.18. The van der Waals surface area contributed by atoms with Crippen LogP contribution >= 0.6 is 0 Å². The second-order valence-electron chi connectivity index (χ2n) is 4.95. The van der Waals surface area contributed by atoms with Gasteiger partial charge in [0, 0.05) is 19.3 Å². The number of benzene rings is 2. The number of amides is 1. The van der Waals surface area contributed by atoms with Gasteiger partial charge in [-0.1, -0.05) is 48.0 Å². The number of anilines is 1. The van der Waals surface area contributed by atoms with E-state index in [1.165, 1.54) is 5.56 Å². The topological polar surface area (TPSA) is 32.3 Å². The van der Waals surface area contributed by atoms with Gasteiger partial charge in [0.2, 0.25) is 5.91 Å². The first-order chi connectivity index (χ1) is 9.65. The van der Waals surface area contributed by atoms with Crippen molar-refractivity contribution in [1.82, 2.24) is 5.32 Å². The molecule has 0 atom stereocenters. The van der Waals surface area contributed by atoms with Gasteiger partial charge in [0.25, 0.3) is 0 Å². The predicted molar refractivity (Wildman–Crippen MR) is 82.7 cm³/mol. The first-order valence-corrected chi connectivity index (χ1v) is 6.73. The first kappa shape index (κ1) is 14.1. The Morgan fingerprint density at radius 2 is 1.70 bits per heavy atom. The molecule has 0 fully saturated rings. The minimum absolute atomic E-state index is 0.0249. The van der Waals surface area contributed by atoms with Crippen LogP contribution in [0, 0.1) is 6.92 Å². The first-order valence-electron chi connectivity index (χ1n) is 6.73. The van der Waals surface area contributed by atoms with Crippen molar-refractivity contribution in [2.24, 2.45) is 0 Å². The van der Waals surface area contributed by atoms with E-state index in [2.05, 4.69) is 24.4 Å². The number of nitrogens with one attached hydrogen (secondary N) is 1. The summed E-state index contributed by atoms with van der Waals surface area (Å²) in [6.07, 6.45) is 0. The van der Waals surface area contributed by atoms with Gasteiger partial charge in [0.15, 0.2) is 0 Å². The Bertz CT molecular complexity index is 549. The van der Waals surface area contributed by atoms with E-state index in [1.807, 2.05) is 54.4 Å². The van der Waals surface area contributed by atoms with Gasteiger partial charge in [-0.05, 0) is 24.6 Å². The van der Waals surface area contributed by atoms with Gasteiger partial charge in [0.1, 0.15) is 0 Å². The third-order valence-corrected chi connectivity index (χ3v) is 3.19. The van der Waals surface area contributed by atoms with Crippen LogP contribution in [0.5, 0.6) is 0 Å². The van der Waals surface area contributed by atoms with Crippen molar-refractivity contribution < 1.29 is 4.79 Å². The molecule has 2 aromatic rings. The number of rotatable bonds is 5. The van der Waals surface area contributed by atoms with Crippen molar-refractivity contribution in [3.8, 4) is 0 Å². The Balaban J connectivity index is 1.82. The molecule has 0 bridgehead atoms. The summed E-state index contributed by atoms with van der Waals surface area (Å²) in [4.78, 5) is 13.8. The van der Waals surface area contributed by atoms with Gasteiger partial charge < -0.3 is 10.2 Å². The monoisotopic (exact) mass is 268 g/mol. The highest BCUT2D eigenvalue weighted by Gasteiger charge is 2.06. The molecule has 0 spiro atoms. The Morgan fingerprint density at radius 1 is 1.05 bits per heavy atom. The number of nitrogens with zero attached hydrogens (tertiary/aromatic N) is 1. The molecule has 0 aromatic heterocycles. The summed E-state index contributed by atoms with van der Waals surface area (Å²) >= 11 is 0. The summed E-state index contributed by atoms with van der Waals surface area (Å²) in [7, 11) is 1.92. The fourth-order valence-corrected chi connectivity index (χ4v) is 1.95. The molecule has 3 heteroatoms. The molecule has 0 heterocycles. The summed E-state index contributed by atoms with van der Waals surface area (Å²) in [6.45, 7) is 2.98. The van der Waals surface area contributed by atoms with Gasteiger partial charge >= 0.3 is 0 Å². The maximum atomic E-state index is 11.9. The lowest BCUT2D eigenvalue weighted by molar-refractivity contribution is -0.119. The van der Waals surface area contributed by atoms with Gasteiger partial charge in [-0.25, -0.2) is 0 Å². The second kappa shape index (κ2) is 6.75. The SMILES string of the molecule is Cc1ccc(CNC(=O)CN(C)c2ccccc2)cc1. The maximum Gasteiger partial charge on any atom is 0.239 e. The van der Waals surface area contributed by atoms with Crippen LogP contribution < -0.4 is 10.2 Å². The molecule has 2 rings (SSSR count). The molecule has 1 N–H and O–H groups in total. The molecule has 0 aliphatic rings. The fraction of sp³-hybridized carbons (Fsp3) is 0.235. The molecule has 2 aromatic carbocycles. The van der Waals surface area contributed by atoms with E-state index in [9.17, 15) is 4.79 Å². The highest BCUT2D eigenvalue weighted by atomic mass is 16.2. The Hall–Kier alpha value is -2.29. The molecule has 0 saturated carbocycles. The smallest absolute Gasteiger partial charge is 0.239 e. The lowest BCUT2D eigenvalue weighted by atomic mass is 10.1. The second-order valence-corrected chi connectivity index (χ2v) is 4.95. The maximum absolute atomic E-state index is 11.9. The van der Waals surface area contributed by atoms with Crippen LogP contribution in [-0.4, -0.2) is 19.5 Å². The van der Waals surface area contributed by atoms with E-state index in [1.54, 1.807) is 0 Å². The molecule has 0 unspecified atom stereocenters. The largest absolute Gasteiger partial charge is 0.365 e. The third kappa shape index (κ3) is 4.12. The summed E-state index contributed by atoms with van der Waals surface area (Å²) in [6, 6.07) is 18.1. The van der Waals surface area contributed by atoms with Crippen molar-refractivity contribution in [1.29, 1.82) is 0 Å². The standard InChI is InChI=1S/C17H20N2O/c1-14-8-10-15(11-9-14)12-18-17(20)13-19(2)16-6-4-3-5-7-16/h3-11H,12-13H2,1-2H3,(H,18,20). The minimum Gasteiger partial charge on any atom is -0.365 e. The van der Waals surface area contributed by atoms with E-state index in [0.717, 1.165) is 11.3 Å². The van der Waals surface area contributed by atoms with Gasteiger partial charge in [-0.2, -0.15) is 0 Å². The molecule has 20 heavy (non-hydrogen) atoms. The molecule has 0 aliphatic carbocycles. The Morgan fingerprint density at radius 3 is 2.35 bits per heavy atom. The van der Waals surface area contributed by atoms with Gasteiger partial charge in [0.05, 0.1) is 6.54 Å². The normalized spacial score (nSPS) is 10.1.